The van der Waals surface area contributed by atoms with Crippen molar-refractivity contribution in [1.29, 1.82) is 0 Å². The van der Waals surface area contributed by atoms with E-state index >= 15 is 0 Å². The summed E-state index contributed by atoms with van der Waals surface area (Å²) in [5.74, 6) is 1.92. The topological polar surface area (TPSA) is 47.5 Å². The molecule has 1 saturated heterocycles. The molecule has 1 aliphatic heterocycles. The van der Waals surface area contributed by atoms with E-state index < -0.39 is 0 Å². The molecule has 1 fully saturated rings. The van der Waals surface area contributed by atoms with Gasteiger partial charge in [-0.2, -0.15) is 0 Å². The molecule has 0 amide bonds. The summed E-state index contributed by atoms with van der Waals surface area (Å²) in [6.07, 6.45) is 0.319. The summed E-state index contributed by atoms with van der Waals surface area (Å²) in [5.41, 5.74) is 0. The SMILES string of the molecule is COc1c(Cl)nc(C)nc1N1CC(C)OC(C)C1. The van der Waals surface area contributed by atoms with Crippen LogP contribution in [0, 0.1) is 6.92 Å². The number of hydrogen-bond donors (Lipinski definition) is 0. The van der Waals surface area contributed by atoms with Crippen LogP contribution in [0.15, 0.2) is 0 Å². The summed E-state index contributed by atoms with van der Waals surface area (Å²) in [5, 5.41) is 0.354. The molecule has 1 aromatic rings. The van der Waals surface area contributed by atoms with Gasteiger partial charge >= 0.3 is 0 Å². The molecule has 0 N–H and O–H groups in total. The number of nitrogens with zero attached hydrogens (tertiary/aromatic N) is 3. The number of morpholine rings is 1. The molecule has 0 spiro atoms. The number of rotatable bonds is 2. The molecule has 0 radical (unpaired) electrons. The van der Waals surface area contributed by atoms with Gasteiger partial charge in [-0.1, -0.05) is 11.6 Å². The number of methoxy groups -OCH3 is 1. The zero-order valence-corrected chi connectivity index (χ0v) is 11.9. The Morgan fingerprint density at radius 2 is 1.89 bits per heavy atom. The van der Waals surface area contributed by atoms with Gasteiger partial charge in [-0.3, -0.25) is 0 Å². The van der Waals surface area contributed by atoms with Crippen molar-refractivity contribution in [1.82, 2.24) is 9.97 Å². The summed E-state index contributed by atoms with van der Waals surface area (Å²) < 4.78 is 11.0. The lowest BCUT2D eigenvalue weighted by Crippen LogP contribution is -2.46. The number of aromatic nitrogens is 2. The van der Waals surface area contributed by atoms with E-state index in [2.05, 4.69) is 14.9 Å². The second-order valence-electron chi connectivity index (χ2n) is 4.58. The van der Waals surface area contributed by atoms with E-state index in [1.807, 2.05) is 20.8 Å². The van der Waals surface area contributed by atoms with Gasteiger partial charge in [0.05, 0.1) is 19.3 Å². The summed E-state index contributed by atoms with van der Waals surface area (Å²) in [6.45, 7) is 7.46. The molecule has 0 saturated carbocycles. The van der Waals surface area contributed by atoms with Crippen molar-refractivity contribution in [3.8, 4) is 5.75 Å². The maximum atomic E-state index is 6.09. The van der Waals surface area contributed by atoms with Crippen LogP contribution < -0.4 is 9.64 Å². The summed E-state index contributed by atoms with van der Waals surface area (Å²) in [6, 6.07) is 0. The van der Waals surface area contributed by atoms with E-state index in [-0.39, 0.29) is 12.2 Å². The maximum absolute atomic E-state index is 6.09. The first kappa shape index (κ1) is 13.4. The van der Waals surface area contributed by atoms with Crippen molar-refractivity contribution < 1.29 is 9.47 Å². The Hall–Kier alpha value is -1.07. The lowest BCUT2D eigenvalue weighted by atomic mass is 10.2. The van der Waals surface area contributed by atoms with Gasteiger partial charge in [0, 0.05) is 13.1 Å². The van der Waals surface area contributed by atoms with Crippen molar-refractivity contribution in [2.24, 2.45) is 0 Å². The average Bonchev–Trinajstić information content (AvgIpc) is 2.26. The van der Waals surface area contributed by atoms with E-state index in [0.29, 0.717) is 16.7 Å². The standard InChI is InChI=1S/C12H18ClN3O2/c1-7-5-16(6-8(2)18-7)12-10(17-4)11(13)14-9(3)15-12/h7-8H,5-6H2,1-4H3. The van der Waals surface area contributed by atoms with Crippen molar-refractivity contribution in [3.05, 3.63) is 11.0 Å². The molecule has 100 valence electrons. The number of aryl methyl sites for hydroxylation is 1. The lowest BCUT2D eigenvalue weighted by molar-refractivity contribution is -0.00559. The quantitative estimate of drug-likeness (QED) is 0.771. The largest absolute Gasteiger partial charge is 0.490 e. The van der Waals surface area contributed by atoms with Crippen molar-refractivity contribution in [3.63, 3.8) is 0 Å². The Labute approximate surface area is 112 Å². The first-order chi connectivity index (χ1) is 8.51. The Balaban J connectivity index is 2.37. The fourth-order valence-corrected chi connectivity index (χ4v) is 2.54. The monoisotopic (exact) mass is 271 g/mol. The molecule has 0 aromatic carbocycles. The van der Waals surface area contributed by atoms with Crippen LogP contribution in [0.3, 0.4) is 0 Å². The third kappa shape index (κ3) is 2.67. The molecule has 2 rings (SSSR count). The van der Waals surface area contributed by atoms with E-state index in [9.17, 15) is 0 Å². The highest BCUT2D eigenvalue weighted by Crippen LogP contribution is 2.33. The number of ether oxygens (including phenoxy) is 2. The van der Waals surface area contributed by atoms with Crippen LogP contribution in [0.2, 0.25) is 5.15 Å². The molecular formula is C12H18ClN3O2. The fraction of sp³-hybridized carbons (Fsp3) is 0.667. The highest BCUT2D eigenvalue weighted by molar-refractivity contribution is 6.31. The van der Waals surface area contributed by atoms with Crippen LogP contribution in [-0.4, -0.2) is 42.4 Å². The number of hydrogen-bond acceptors (Lipinski definition) is 5. The minimum atomic E-state index is 0.160. The van der Waals surface area contributed by atoms with Gasteiger partial charge in [-0.05, 0) is 20.8 Å². The molecule has 2 atom stereocenters. The third-order valence-corrected chi connectivity index (χ3v) is 3.10. The molecule has 6 heteroatoms. The minimum Gasteiger partial charge on any atom is -0.490 e. The molecule has 1 aromatic heterocycles. The van der Waals surface area contributed by atoms with Gasteiger partial charge in [0.25, 0.3) is 0 Å². The first-order valence-electron chi connectivity index (χ1n) is 5.99. The van der Waals surface area contributed by atoms with Gasteiger partial charge < -0.3 is 14.4 Å². The predicted molar refractivity (Wildman–Crippen MR) is 70.6 cm³/mol. The molecule has 0 bridgehead atoms. The Morgan fingerprint density at radius 3 is 2.44 bits per heavy atom. The normalized spacial score (nSPS) is 24.2. The van der Waals surface area contributed by atoms with Gasteiger partial charge in [0.15, 0.2) is 16.7 Å². The van der Waals surface area contributed by atoms with Crippen LogP contribution in [0.25, 0.3) is 0 Å². The second-order valence-corrected chi connectivity index (χ2v) is 4.94. The van der Waals surface area contributed by atoms with Crippen LogP contribution >= 0.6 is 11.6 Å². The summed E-state index contributed by atoms with van der Waals surface area (Å²) in [7, 11) is 1.58. The van der Waals surface area contributed by atoms with Gasteiger partial charge in [0.2, 0.25) is 0 Å². The maximum Gasteiger partial charge on any atom is 0.199 e. The van der Waals surface area contributed by atoms with Crippen LogP contribution in [0.5, 0.6) is 5.75 Å². The average molecular weight is 272 g/mol. The van der Waals surface area contributed by atoms with Crippen LogP contribution in [-0.2, 0) is 4.74 Å². The van der Waals surface area contributed by atoms with Crippen molar-refractivity contribution in [2.45, 2.75) is 33.0 Å². The molecular weight excluding hydrogens is 254 g/mol. The Kier molecular flexibility index (Phi) is 3.92. The molecule has 5 nitrogen and oxygen atoms in total. The van der Waals surface area contributed by atoms with Crippen molar-refractivity contribution >= 4 is 17.4 Å². The zero-order chi connectivity index (χ0) is 13.3. The Bertz CT molecular complexity index is 432. The lowest BCUT2D eigenvalue weighted by Gasteiger charge is -2.36. The third-order valence-electron chi connectivity index (χ3n) is 2.84. The zero-order valence-electron chi connectivity index (χ0n) is 11.1. The predicted octanol–water partition coefficient (Wildman–Crippen LogP) is 2.06. The minimum absolute atomic E-state index is 0.160. The highest BCUT2D eigenvalue weighted by atomic mass is 35.5. The smallest absolute Gasteiger partial charge is 0.199 e. The van der Waals surface area contributed by atoms with Crippen LogP contribution in [0.1, 0.15) is 19.7 Å². The van der Waals surface area contributed by atoms with E-state index in [0.717, 1.165) is 18.9 Å². The first-order valence-corrected chi connectivity index (χ1v) is 6.37. The van der Waals surface area contributed by atoms with E-state index in [1.54, 1.807) is 7.11 Å². The van der Waals surface area contributed by atoms with E-state index in [1.165, 1.54) is 0 Å². The van der Waals surface area contributed by atoms with Gasteiger partial charge in [-0.25, -0.2) is 9.97 Å². The molecule has 18 heavy (non-hydrogen) atoms. The summed E-state index contributed by atoms with van der Waals surface area (Å²) in [4.78, 5) is 10.7. The van der Waals surface area contributed by atoms with Crippen LogP contribution in [0.4, 0.5) is 5.82 Å². The van der Waals surface area contributed by atoms with Gasteiger partial charge in [-0.15, -0.1) is 0 Å². The molecule has 1 aliphatic rings. The van der Waals surface area contributed by atoms with Gasteiger partial charge in [0.1, 0.15) is 5.82 Å². The number of halogens is 1. The fourth-order valence-electron chi connectivity index (χ4n) is 2.25. The Morgan fingerprint density at radius 1 is 1.28 bits per heavy atom. The highest BCUT2D eigenvalue weighted by Gasteiger charge is 2.27. The molecule has 0 aliphatic carbocycles. The van der Waals surface area contributed by atoms with Crippen molar-refractivity contribution in [2.75, 3.05) is 25.1 Å². The second kappa shape index (κ2) is 5.28. The van der Waals surface area contributed by atoms with E-state index in [4.69, 9.17) is 21.1 Å². The molecule has 2 heterocycles. The summed E-state index contributed by atoms with van der Waals surface area (Å²) >= 11 is 6.09. The molecule has 2 unspecified atom stereocenters. The number of anilines is 1.